The summed E-state index contributed by atoms with van der Waals surface area (Å²) in [7, 11) is 1.80. The average molecular weight is 234 g/mol. The minimum atomic E-state index is -0.206. The summed E-state index contributed by atoms with van der Waals surface area (Å²) >= 11 is 0. The lowest BCUT2D eigenvalue weighted by molar-refractivity contribution is 0.611. The van der Waals surface area contributed by atoms with Gasteiger partial charge in [0.25, 0.3) is 0 Å². The van der Waals surface area contributed by atoms with Crippen LogP contribution in [-0.2, 0) is 13.6 Å². The third-order valence-electron chi connectivity index (χ3n) is 2.51. The smallest absolute Gasteiger partial charge is 0.221 e. The number of nitrogens with zero attached hydrogens (tertiary/aromatic N) is 3. The summed E-state index contributed by atoms with van der Waals surface area (Å²) in [6, 6.07) is 5.06. The molecule has 0 fully saturated rings. The highest BCUT2D eigenvalue weighted by atomic mass is 19.1. The highest BCUT2D eigenvalue weighted by molar-refractivity contribution is 5.30. The van der Waals surface area contributed by atoms with E-state index in [4.69, 9.17) is 0 Å². The Kier molecular flexibility index (Phi) is 3.08. The number of rotatable bonds is 3. The molecule has 1 aromatic carbocycles. The first-order chi connectivity index (χ1) is 8.06. The predicted molar refractivity (Wildman–Crippen MR) is 64.2 cm³/mol. The van der Waals surface area contributed by atoms with Crippen LogP contribution in [0.4, 0.5) is 10.3 Å². The van der Waals surface area contributed by atoms with Gasteiger partial charge in [0.05, 0.1) is 0 Å². The van der Waals surface area contributed by atoms with Crippen molar-refractivity contribution in [3.63, 3.8) is 0 Å². The van der Waals surface area contributed by atoms with Crippen molar-refractivity contribution < 1.29 is 4.39 Å². The van der Waals surface area contributed by atoms with Gasteiger partial charge in [-0.15, -0.1) is 0 Å². The van der Waals surface area contributed by atoms with E-state index < -0.39 is 0 Å². The third-order valence-corrected chi connectivity index (χ3v) is 2.51. The quantitative estimate of drug-likeness (QED) is 0.885. The maximum Gasteiger partial charge on any atom is 0.221 e. The molecule has 2 rings (SSSR count). The van der Waals surface area contributed by atoms with E-state index in [1.165, 1.54) is 6.07 Å². The molecule has 0 saturated carbocycles. The number of hydrogen-bond acceptors (Lipinski definition) is 3. The summed E-state index contributed by atoms with van der Waals surface area (Å²) < 4.78 is 15.1. The lowest BCUT2D eigenvalue weighted by atomic mass is 10.1. The SMILES string of the molecule is Cc1ccc(F)c(CNc2nc(C)nn2C)c1. The van der Waals surface area contributed by atoms with Crippen molar-refractivity contribution in [2.75, 3.05) is 5.32 Å². The average Bonchev–Trinajstić information content (AvgIpc) is 2.59. The predicted octanol–water partition coefficient (Wildman–Crippen LogP) is 2.18. The van der Waals surface area contributed by atoms with E-state index in [2.05, 4.69) is 15.4 Å². The molecule has 0 aliphatic heterocycles. The van der Waals surface area contributed by atoms with Crippen LogP contribution in [-0.4, -0.2) is 14.8 Å². The molecule has 0 spiro atoms. The van der Waals surface area contributed by atoms with Crippen LogP contribution in [0.25, 0.3) is 0 Å². The second-order valence-electron chi connectivity index (χ2n) is 4.05. The van der Waals surface area contributed by atoms with E-state index in [1.54, 1.807) is 17.8 Å². The molecule has 1 aromatic heterocycles. The topological polar surface area (TPSA) is 42.7 Å². The van der Waals surface area contributed by atoms with Gasteiger partial charge in [0, 0.05) is 19.2 Å². The molecule has 90 valence electrons. The largest absolute Gasteiger partial charge is 0.350 e. The van der Waals surface area contributed by atoms with E-state index in [0.717, 1.165) is 5.56 Å². The maximum absolute atomic E-state index is 13.5. The summed E-state index contributed by atoms with van der Waals surface area (Å²) in [6.45, 7) is 4.16. The van der Waals surface area contributed by atoms with Crippen LogP contribution >= 0.6 is 0 Å². The lowest BCUT2D eigenvalue weighted by Gasteiger charge is -2.06. The van der Waals surface area contributed by atoms with Crippen molar-refractivity contribution in [1.82, 2.24) is 14.8 Å². The van der Waals surface area contributed by atoms with Crippen molar-refractivity contribution in [3.05, 3.63) is 41.0 Å². The second-order valence-corrected chi connectivity index (χ2v) is 4.05. The lowest BCUT2D eigenvalue weighted by Crippen LogP contribution is -2.07. The molecule has 1 heterocycles. The fraction of sp³-hybridized carbons (Fsp3) is 0.333. The van der Waals surface area contributed by atoms with Crippen molar-refractivity contribution in [2.45, 2.75) is 20.4 Å². The number of halogens is 1. The molecule has 2 aromatic rings. The molecule has 0 aliphatic rings. The molecule has 0 atom stereocenters. The minimum Gasteiger partial charge on any atom is -0.350 e. The zero-order valence-electron chi connectivity index (χ0n) is 10.2. The Morgan fingerprint density at radius 1 is 1.35 bits per heavy atom. The van der Waals surface area contributed by atoms with Crippen LogP contribution in [0.1, 0.15) is 17.0 Å². The standard InChI is InChI=1S/C12H15FN4/c1-8-4-5-11(13)10(6-8)7-14-12-15-9(2)16-17(12)3/h4-6H,7H2,1-3H3,(H,14,15,16). The number of nitrogens with one attached hydrogen (secondary N) is 1. The van der Waals surface area contributed by atoms with Crippen molar-refractivity contribution >= 4 is 5.95 Å². The summed E-state index contributed by atoms with van der Waals surface area (Å²) in [6.07, 6.45) is 0. The normalized spacial score (nSPS) is 10.6. The molecule has 0 amide bonds. The molecule has 0 aliphatic carbocycles. The Bertz CT molecular complexity index is 533. The van der Waals surface area contributed by atoms with E-state index in [1.807, 2.05) is 19.9 Å². The van der Waals surface area contributed by atoms with Gasteiger partial charge in [-0.05, 0) is 19.9 Å². The van der Waals surface area contributed by atoms with Gasteiger partial charge in [0.2, 0.25) is 5.95 Å². The number of aromatic nitrogens is 3. The Morgan fingerprint density at radius 3 is 2.76 bits per heavy atom. The van der Waals surface area contributed by atoms with Crippen LogP contribution in [0, 0.1) is 19.7 Å². The fourth-order valence-corrected chi connectivity index (χ4v) is 1.68. The highest BCUT2D eigenvalue weighted by Crippen LogP contribution is 2.12. The van der Waals surface area contributed by atoms with Gasteiger partial charge in [-0.25, -0.2) is 9.07 Å². The molecular weight excluding hydrogens is 219 g/mol. The first-order valence-corrected chi connectivity index (χ1v) is 5.43. The van der Waals surface area contributed by atoms with Crippen LogP contribution in [0.3, 0.4) is 0 Å². The van der Waals surface area contributed by atoms with Gasteiger partial charge >= 0.3 is 0 Å². The van der Waals surface area contributed by atoms with Gasteiger partial charge < -0.3 is 5.32 Å². The first kappa shape index (κ1) is 11.6. The van der Waals surface area contributed by atoms with E-state index in [9.17, 15) is 4.39 Å². The number of anilines is 1. The minimum absolute atomic E-state index is 0.206. The van der Waals surface area contributed by atoms with Gasteiger partial charge in [-0.2, -0.15) is 10.1 Å². The van der Waals surface area contributed by atoms with Crippen LogP contribution in [0.5, 0.6) is 0 Å². The third kappa shape index (κ3) is 2.61. The summed E-state index contributed by atoms with van der Waals surface area (Å²) in [5.41, 5.74) is 1.67. The Labute approximate surface area is 99.5 Å². The summed E-state index contributed by atoms with van der Waals surface area (Å²) in [5.74, 6) is 1.13. The van der Waals surface area contributed by atoms with Crippen LogP contribution in [0.2, 0.25) is 0 Å². The second kappa shape index (κ2) is 4.53. The van der Waals surface area contributed by atoms with Gasteiger partial charge in [-0.3, -0.25) is 0 Å². The maximum atomic E-state index is 13.5. The molecule has 4 nitrogen and oxygen atoms in total. The molecule has 0 radical (unpaired) electrons. The zero-order valence-corrected chi connectivity index (χ0v) is 10.2. The van der Waals surface area contributed by atoms with Crippen LogP contribution < -0.4 is 5.32 Å². The Morgan fingerprint density at radius 2 is 2.12 bits per heavy atom. The Balaban J connectivity index is 2.12. The van der Waals surface area contributed by atoms with Crippen molar-refractivity contribution in [2.24, 2.45) is 7.05 Å². The zero-order chi connectivity index (χ0) is 12.4. The van der Waals surface area contributed by atoms with E-state index >= 15 is 0 Å². The molecule has 1 N–H and O–H groups in total. The van der Waals surface area contributed by atoms with Gasteiger partial charge in [-0.1, -0.05) is 17.7 Å². The fourth-order valence-electron chi connectivity index (χ4n) is 1.68. The molecule has 17 heavy (non-hydrogen) atoms. The van der Waals surface area contributed by atoms with Gasteiger partial charge in [0.1, 0.15) is 11.6 Å². The highest BCUT2D eigenvalue weighted by Gasteiger charge is 2.06. The molecule has 0 unspecified atom stereocenters. The molecule has 5 heteroatoms. The number of hydrogen-bond donors (Lipinski definition) is 1. The van der Waals surface area contributed by atoms with Crippen molar-refractivity contribution in [1.29, 1.82) is 0 Å². The number of aryl methyl sites for hydroxylation is 3. The van der Waals surface area contributed by atoms with Crippen molar-refractivity contribution in [3.8, 4) is 0 Å². The summed E-state index contributed by atoms with van der Waals surface area (Å²) in [5, 5.41) is 7.18. The van der Waals surface area contributed by atoms with E-state index in [-0.39, 0.29) is 5.82 Å². The van der Waals surface area contributed by atoms with Crippen LogP contribution in [0.15, 0.2) is 18.2 Å². The Hall–Kier alpha value is -1.91. The number of benzene rings is 1. The molecule has 0 saturated heterocycles. The van der Waals surface area contributed by atoms with E-state index in [0.29, 0.717) is 23.9 Å². The monoisotopic (exact) mass is 234 g/mol. The van der Waals surface area contributed by atoms with Gasteiger partial charge in [0.15, 0.2) is 0 Å². The first-order valence-electron chi connectivity index (χ1n) is 5.43. The summed E-state index contributed by atoms with van der Waals surface area (Å²) in [4.78, 5) is 4.20. The molecule has 0 bridgehead atoms. The molecular formula is C12H15FN4.